The highest BCUT2D eigenvalue weighted by molar-refractivity contribution is 5.86. The molecule has 2 N–H and O–H groups in total. The van der Waals surface area contributed by atoms with Crippen LogP contribution in [0.25, 0.3) is 0 Å². The number of halogens is 2. The Morgan fingerprint density at radius 1 is 1.05 bits per heavy atom. The molecule has 0 aromatic rings. The molecule has 6 nitrogen and oxygen atoms in total. The molecule has 0 spiro atoms. The Bertz CT molecular complexity index is 349. The van der Waals surface area contributed by atoms with Gasteiger partial charge in [-0.15, -0.1) is 24.8 Å². The van der Waals surface area contributed by atoms with Crippen LogP contribution in [-0.4, -0.2) is 77.9 Å². The van der Waals surface area contributed by atoms with Crippen LogP contribution in [0.1, 0.15) is 27.7 Å². The highest BCUT2D eigenvalue weighted by Gasteiger charge is 2.30. The van der Waals surface area contributed by atoms with Gasteiger partial charge in [0.1, 0.15) is 0 Å². The van der Waals surface area contributed by atoms with Gasteiger partial charge >= 0.3 is 0 Å². The minimum atomic E-state index is -0.820. The van der Waals surface area contributed by atoms with Crippen LogP contribution >= 0.6 is 24.8 Å². The second kappa shape index (κ2) is 10.3. The number of nitrogens with two attached hydrogens (primary N) is 1. The highest BCUT2D eigenvalue weighted by atomic mass is 35.5. The van der Waals surface area contributed by atoms with Crippen molar-refractivity contribution < 1.29 is 9.59 Å². The molecular formula is C14H30Cl2N4O2. The topological polar surface area (TPSA) is 69.9 Å². The second-order valence-corrected chi connectivity index (χ2v) is 5.86. The van der Waals surface area contributed by atoms with Gasteiger partial charge in [0.25, 0.3) is 0 Å². The van der Waals surface area contributed by atoms with Gasteiger partial charge in [0.05, 0.1) is 12.1 Å². The third-order valence-electron chi connectivity index (χ3n) is 3.69. The lowest BCUT2D eigenvalue weighted by atomic mass is 10.0. The first kappa shape index (κ1) is 23.7. The van der Waals surface area contributed by atoms with E-state index in [1.54, 1.807) is 18.7 Å². The van der Waals surface area contributed by atoms with Gasteiger partial charge in [-0.1, -0.05) is 0 Å². The predicted octanol–water partition coefficient (Wildman–Crippen LogP) is 0.580. The van der Waals surface area contributed by atoms with E-state index >= 15 is 0 Å². The van der Waals surface area contributed by atoms with E-state index < -0.39 is 5.54 Å². The molecule has 1 aliphatic rings. The zero-order chi connectivity index (χ0) is 15.3. The summed E-state index contributed by atoms with van der Waals surface area (Å²) < 4.78 is 0. The van der Waals surface area contributed by atoms with Crippen molar-refractivity contribution in [2.45, 2.75) is 33.2 Å². The number of nitrogens with zero attached hydrogens (tertiary/aromatic N) is 3. The summed E-state index contributed by atoms with van der Waals surface area (Å²) in [6.45, 7) is 12.1. The van der Waals surface area contributed by atoms with Gasteiger partial charge < -0.3 is 15.5 Å². The molecule has 0 atom stereocenters. The molecule has 1 heterocycles. The smallest absolute Gasteiger partial charge is 0.242 e. The molecule has 2 amide bonds. The average molecular weight is 357 g/mol. The zero-order valence-electron chi connectivity index (χ0n) is 14.0. The number of carbonyl (C=O) groups is 2. The van der Waals surface area contributed by atoms with Crippen LogP contribution in [0.4, 0.5) is 0 Å². The second-order valence-electron chi connectivity index (χ2n) is 5.86. The van der Waals surface area contributed by atoms with Crippen LogP contribution in [0.5, 0.6) is 0 Å². The molecule has 1 saturated heterocycles. The summed E-state index contributed by atoms with van der Waals surface area (Å²) in [7, 11) is 0. The Morgan fingerprint density at radius 3 is 1.86 bits per heavy atom. The number of hydrogen-bond acceptors (Lipinski definition) is 4. The van der Waals surface area contributed by atoms with E-state index in [1.807, 2.05) is 18.7 Å². The van der Waals surface area contributed by atoms with Gasteiger partial charge in [-0.3, -0.25) is 14.5 Å². The monoisotopic (exact) mass is 356 g/mol. The molecule has 0 aliphatic carbocycles. The van der Waals surface area contributed by atoms with Crippen LogP contribution in [0.15, 0.2) is 0 Å². The third-order valence-corrected chi connectivity index (χ3v) is 3.69. The fraction of sp³-hybridized carbons (Fsp3) is 0.857. The third kappa shape index (κ3) is 6.69. The van der Waals surface area contributed by atoms with E-state index in [1.165, 1.54) is 0 Å². The van der Waals surface area contributed by atoms with E-state index in [4.69, 9.17) is 5.73 Å². The van der Waals surface area contributed by atoms with Crippen molar-refractivity contribution in [3.63, 3.8) is 0 Å². The molecule has 1 fully saturated rings. The molecule has 22 heavy (non-hydrogen) atoms. The lowest BCUT2D eigenvalue weighted by Crippen LogP contribution is -2.57. The molecule has 0 saturated carbocycles. The van der Waals surface area contributed by atoms with E-state index in [0.717, 1.165) is 26.2 Å². The quantitative estimate of drug-likeness (QED) is 0.782. The molecular weight excluding hydrogens is 327 g/mol. The van der Waals surface area contributed by atoms with E-state index in [2.05, 4.69) is 4.90 Å². The number of carbonyl (C=O) groups excluding carboxylic acids is 2. The minimum Gasteiger partial charge on any atom is -0.342 e. The standard InChI is InChI=1S/C14H28N4O2.2ClH/c1-5-17(6-2)12(19)11-16-7-9-18(10-8-16)13(20)14(3,4)15;;/h5-11,15H2,1-4H3;2*1H. The van der Waals surface area contributed by atoms with Gasteiger partial charge in [0.15, 0.2) is 0 Å². The summed E-state index contributed by atoms with van der Waals surface area (Å²) in [6, 6.07) is 0. The van der Waals surface area contributed by atoms with E-state index in [-0.39, 0.29) is 36.6 Å². The normalized spacial score (nSPS) is 15.6. The van der Waals surface area contributed by atoms with E-state index in [0.29, 0.717) is 19.6 Å². The minimum absolute atomic E-state index is 0. The Hall–Kier alpha value is -0.560. The molecule has 0 unspecified atom stereocenters. The molecule has 1 rings (SSSR count). The van der Waals surface area contributed by atoms with Crippen molar-refractivity contribution in [1.29, 1.82) is 0 Å². The predicted molar refractivity (Wildman–Crippen MR) is 93.7 cm³/mol. The van der Waals surface area contributed by atoms with Gasteiger partial charge in [0, 0.05) is 39.3 Å². The first-order chi connectivity index (χ1) is 9.29. The van der Waals surface area contributed by atoms with Crippen molar-refractivity contribution in [3.05, 3.63) is 0 Å². The Labute approximate surface area is 146 Å². The number of piperazine rings is 1. The Morgan fingerprint density at radius 2 is 1.50 bits per heavy atom. The van der Waals surface area contributed by atoms with Crippen LogP contribution < -0.4 is 5.73 Å². The fourth-order valence-corrected chi connectivity index (χ4v) is 2.38. The fourth-order valence-electron chi connectivity index (χ4n) is 2.38. The maximum atomic E-state index is 12.1. The number of likely N-dealkylation sites (N-methyl/N-ethyl adjacent to an activating group) is 1. The van der Waals surface area contributed by atoms with Crippen molar-refractivity contribution in [3.8, 4) is 0 Å². The van der Waals surface area contributed by atoms with Gasteiger partial charge in [-0.2, -0.15) is 0 Å². The van der Waals surface area contributed by atoms with Crippen LogP contribution in [0, 0.1) is 0 Å². The Balaban J connectivity index is 0. The largest absolute Gasteiger partial charge is 0.342 e. The molecule has 0 radical (unpaired) electrons. The lowest BCUT2D eigenvalue weighted by Gasteiger charge is -2.37. The van der Waals surface area contributed by atoms with Crippen LogP contribution in [0.2, 0.25) is 0 Å². The molecule has 1 aliphatic heterocycles. The molecule has 132 valence electrons. The van der Waals surface area contributed by atoms with Crippen molar-refractivity contribution >= 4 is 36.6 Å². The molecule has 0 aromatic carbocycles. The Kier molecular flexibility index (Phi) is 11.1. The SMILES string of the molecule is CCN(CC)C(=O)CN1CCN(C(=O)C(C)(C)N)CC1.Cl.Cl. The number of rotatable bonds is 5. The maximum Gasteiger partial charge on any atom is 0.242 e. The lowest BCUT2D eigenvalue weighted by molar-refractivity contribution is -0.138. The van der Waals surface area contributed by atoms with Gasteiger partial charge in [-0.05, 0) is 27.7 Å². The van der Waals surface area contributed by atoms with Gasteiger partial charge in [0.2, 0.25) is 11.8 Å². The highest BCUT2D eigenvalue weighted by Crippen LogP contribution is 2.09. The zero-order valence-corrected chi connectivity index (χ0v) is 15.6. The van der Waals surface area contributed by atoms with Crippen molar-refractivity contribution in [2.75, 3.05) is 45.8 Å². The van der Waals surface area contributed by atoms with E-state index in [9.17, 15) is 9.59 Å². The maximum absolute atomic E-state index is 12.1. The van der Waals surface area contributed by atoms with Crippen LogP contribution in [0.3, 0.4) is 0 Å². The van der Waals surface area contributed by atoms with Crippen molar-refractivity contribution in [2.24, 2.45) is 5.73 Å². The summed E-state index contributed by atoms with van der Waals surface area (Å²) >= 11 is 0. The first-order valence-electron chi connectivity index (χ1n) is 7.38. The van der Waals surface area contributed by atoms with Gasteiger partial charge in [-0.25, -0.2) is 0 Å². The van der Waals surface area contributed by atoms with Crippen molar-refractivity contribution in [1.82, 2.24) is 14.7 Å². The summed E-state index contributed by atoms with van der Waals surface area (Å²) in [5.41, 5.74) is 5.02. The summed E-state index contributed by atoms with van der Waals surface area (Å²) in [5.74, 6) is 0.140. The first-order valence-corrected chi connectivity index (χ1v) is 7.38. The molecule has 0 aromatic heterocycles. The average Bonchev–Trinajstić information content (AvgIpc) is 2.39. The number of amides is 2. The molecule has 8 heteroatoms. The number of hydrogen-bond donors (Lipinski definition) is 1. The molecule has 0 bridgehead atoms. The summed E-state index contributed by atoms with van der Waals surface area (Å²) in [4.78, 5) is 29.8. The van der Waals surface area contributed by atoms with Crippen LogP contribution in [-0.2, 0) is 9.59 Å². The summed E-state index contributed by atoms with van der Waals surface area (Å²) in [6.07, 6.45) is 0. The summed E-state index contributed by atoms with van der Waals surface area (Å²) in [5, 5.41) is 0.